The van der Waals surface area contributed by atoms with E-state index in [-0.39, 0.29) is 0 Å². The molecule has 1 atom stereocenters. The molecule has 1 saturated carbocycles. The third-order valence-electron chi connectivity index (χ3n) is 5.43. The maximum atomic E-state index is 5.64. The minimum absolute atomic E-state index is 0.410. The summed E-state index contributed by atoms with van der Waals surface area (Å²) in [5, 5.41) is 0. The Bertz CT molecular complexity index is 551. The minimum atomic E-state index is 0.410. The fourth-order valence-corrected chi connectivity index (χ4v) is 3.90. The number of hydrogen-bond acceptors (Lipinski definition) is 2. The van der Waals surface area contributed by atoms with Gasteiger partial charge >= 0.3 is 0 Å². The summed E-state index contributed by atoms with van der Waals surface area (Å²) in [5.74, 6) is 0.666. The van der Waals surface area contributed by atoms with Crippen LogP contribution in [0.2, 0.25) is 0 Å². The van der Waals surface area contributed by atoms with Crippen LogP contribution < -0.4 is 5.73 Å². The molecule has 0 spiro atoms. The highest BCUT2D eigenvalue weighted by Crippen LogP contribution is 2.45. The van der Waals surface area contributed by atoms with Crippen molar-refractivity contribution in [2.45, 2.75) is 65.7 Å². The van der Waals surface area contributed by atoms with Gasteiger partial charge in [-0.05, 0) is 56.9 Å². The quantitative estimate of drug-likeness (QED) is 0.725. The molecule has 1 aromatic heterocycles. The van der Waals surface area contributed by atoms with E-state index in [2.05, 4.69) is 43.4 Å². The normalized spacial score (nSPS) is 21.7. The summed E-state index contributed by atoms with van der Waals surface area (Å²) in [7, 11) is 0. The number of allylic oxidation sites excluding steroid dienone is 3. The molecule has 3 nitrogen and oxygen atoms in total. The molecule has 1 fully saturated rings. The zero-order valence-corrected chi connectivity index (χ0v) is 15.1. The Morgan fingerprint density at radius 1 is 1.52 bits per heavy atom. The van der Waals surface area contributed by atoms with Crippen LogP contribution in [0, 0.1) is 11.3 Å². The summed E-state index contributed by atoms with van der Waals surface area (Å²) in [5.41, 5.74) is 11.3. The Hall–Kier alpha value is -1.35. The van der Waals surface area contributed by atoms with Crippen molar-refractivity contribution in [2.24, 2.45) is 17.1 Å². The summed E-state index contributed by atoms with van der Waals surface area (Å²) < 4.78 is 0. The first kappa shape index (κ1) is 18.0. The first-order valence-electron chi connectivity index (χ1n) is 8.98. The number of aromatic nitrogens is 2. The van der Waals surface area contributed by atoms with Crippen LogP contribution in [0.25, 0.3) is 0 Å². The molecular formula is C20H33N3. The van der Waals surface area contributed by atoms with Gasteiger partial charge in [0, 0.05) is 18.5 Å². The van der Waals surface area contributed by atoms with Crippen molar-refractivity contribution >= 4 is 0 Å². The van der Waals surface area contributed by atoms with Crippen LogP contribution in [0.15, 0.2) is 30.1 Å². The fourth-order valence-electron chi connectivity index (χ4n) is 3.90. The van der Waals surface area contributed by atoms with E-state index in [1.165, 1.54) is 42.5 Å². The smallest absolute Gasteiger partial charge is 0.0925 e. The lowest BCUT2D eigenvalue weighted by molar-refractivity contribution is 0.180. The second-order valence-corrected chi connectivity index (χ2v) is 7.71. The Labute approximate surface area is 141 Å². The molecule has 1 aliphatic rings. The van der Waals surface area contributed by atoms with Crippen molar-refractivity contribution in [1.82, 2.24) is 9.97 Å². The molecule has 2 rings (SSSR count). The summed E-state index contributed by atoms with van der Waals surface area (Å²) in [6.07, 6.45) is 12.1. The third-order valence-corrected chi connectivity index (χ3v) is 5.43. The molecule has 0 amide bonds. The number of H-pyrrole nitrogens is 1. The monoisotopic (exact) mass is 315 g/mol. The first-order chi connectivity index (χ1) is 10.9. The molecule has 1 aromatic rings. The average Bonchev–Trinajstić information content (AvgIpc) is 2.91. The molecule has 0 aliphatic heterocycles. The topological polar surface area (TPSA) is 54.7 Å². The lowest BCUT2D eigenvalue weighted by atomic mass is 9.65. The summed E-state index contributed by atoms with van der Waals surface area (Å²) in [6, 6.07) is 0. The molecule has 1 aliphatic carbocycles. The van der Waals surface area contributed by atoms with Crippen LogP contribution in [0.4, 0.5) is 0 Å². The minimum Gasteiger partial charge on any atom is -0.348 e. The van der Waals surface area contributed by atoms with Gasteiger partial charge in [-0.3, -0.25) is 0 Å². The predicted molar refractivity (Wildman–Crippen MR) is 98.3 cm³/mol. The predicted octanol–water partition coefficient (Wildman–Crippen LogP) is 4.56. The highest BCUT2D eigenvalue weighted by Gasteiger charge is 2.33. The van der Waals surface area contributed by atoms with E-state index in [1.54, 1.807) is 6.33 Å². The Morgan fingerprint density at radius 3 is 3.00 bits per heavy atom. The van der Waals surface area contributed by atoms with Gasteiger partial charge in [0.1, 0.15) is 0 Å². The summed E-state index contributed by atoms with van der Waals surface area (Å²) in [6.45, 7) is 12.1. The van der Waals surface area contributed by atoms with E-state index >= 15 is 0 Å². The number of hydrogen-bond donors (Lipinski definition) is 2. The Kier molecular flexibility index (Phi) is 6.23. The van der Waals surface area contributed by atoms with E-state index in [4.69, 9.17) is 5.73 Å². The first-order valence-corrected chi connectivity index (χ1v) is 8.98. The standard InChI is InChI=1S/C20H33N3/c1-15(8-10-18-19(11-13-21)23-14-22-18)7-9-17-16(2)6-5-12-20(17,3)4/h8,14,17H,2,5-7,9-13,21H2,1,3-4H3,(H,22,23)/b15-8+. The van der Waals surface area contributed by atoms with Crippen molar-refractivity contribution in [3.05, 3.63) is 41.5 Å². The van der Waals surface area contributed by atoms with Crippen molar-refractivity contribution in [3.63, 3.8) is 0 Å². The second kappa shape index (κ2) is 7.96. The van der Waals surface area contributed by atoms with Gasteiger partial charge in [-0.2, -0.15) is 0 Å². The van der Waals surface area contributed by atoms with E-state index in [9.17, 15) is 0 Å². The largest absolute Gasteiger partial charge is 0.348 e. The van der Waals surface area contributed by atoms with Crippen molar-refractivity contribution in [2.75, 3.05) is 6.54 Å². The van der Waals surface area contributed by atoms with Crippen LogP contribution in [0.5, 0.6) is 0 Å². The van der Waals surface area contributed by atoms with Gasteiger partial charge in [-0.1, -0.05) is 37.6 Å². The number of nitrogens with zero attached hydrogens (tertiary/aromatic N) is 1. The Morgan fingerprint density at radius 2 is 2.30 bits per heavy atom. The fraction of sp³-hybridized carbons (Fsp3) is 0.650. The van der Waals surface area contributed by atoms with Crippen molar-refractivity contribution in [1.29, 1.82) is 0 Å². The highest BCUT2D eigenvalue weighted by molar-refractivity contribution is 5.17. The molecule has 128 valence electrons. The van der Waals surface area contributed by atoms with E-state index in [0.717, 1.165) is 25.0 Å². The van der Waals surface area contributed by atoms with Crippen LogP contribution in [-0.2, 0) is 12.8 Å². The molecule has 1 unspecified atom stereocenters. The van der Waals surface area contributed by atoms with Gasteiger partial charge in [0.25, 0.3) is 0 Å². The zero-order chi connectivity index (χ0) is 16.9. The highest BCUT2D eigenvalue weighted by atomic mass is 14.9. The molecule has 1 heterocycles. The summed E-state index contributed by atoms with van der Waals surface area (Å²) >= 11 is 0. The molecular weight excluding hydrogens is 282 g/mol. The van der Waals surface area contributed by atoms with Gasteiger partial charge in [0.15, 0.2) is 0 Å². The van der Waals surface area contributed by atoms with Crippen LogP contribution in [0.1, 0.15) is 64.3 Å². The molecule has 0 aromatic carbocycles. The number of rotatable bonds is 7. The van der Waals surface area contributed by atoms with Gasteiger partial charge in [-0.25, -0.2) is 4.98 Å². The Balaban J connectivity index is 1.89. The lowest BCUT2D eigenvalue weighted by Crippen LogP contribution is -2.29. The number of imidazole rings is 1. The molecule has 0 radical (unpaired) electrons. The van der Waals surface area contributed by atoms with Crippen LogP contribution in [-0.4, -0.2) is 16.5 Å². The number of aromatic amines is 1. The van der Waals surface area contributed by atoms with Crippen LogP contribution >= 0.6 is 0 Å². The van der Waals surface area contributed by atoms with Crippen molar-refractivity contribution < 1.29 is 0 Å². The van der Waals surface area contributed by atoms with Gasteiger partial charge in [-0.15, -0.1) is 0 Å². The number of nitrogens with two attached hydrogens (primary N) is 1. The third kappa shape index (κ3) is 4.81. The summed E-state index contributed by atoms with van der Waals surface area (Å²) in [4.78, 5) is 7.60. The maximum Gasteiger partial charge on any atom is 0.0925 e. The van der Waals surface area contributed by atoms with Gasteiger partial charge < -0.3 is 10.7 Å². The SMILES string of the molecule is C=C1CCCC(C)(C)C1CC/C(C)=C/Cc1[nH]cnc1CCN. The van der Waals surface area contributed by atoms with Gasteiger partial charge in [0.05, 0.1) is 12.0 Å². The molecule has 23 heavy (non-hydrogen) atoms. The van der Waals surface area contributed by atoms with E-state index < -0.39 is 0 Å². The second-order valence-electron chi connectivity index (χ2n) is 7.71. The van der Waals surface area contributed by atoms with Gasteiger partial charge in [0.2, 0.25) is 0 Å². The van der Waals surface area contributed by atoms with E-state index in [1.807, 2.05) is 0 Å². The van der Waals surface area contributed by atoms with Crippen molar-refractivity contribution in [3.8, 4) is 0 Å². The molecule has 3 N–H and O–H groups in total. The van der Waals surface area contributed by atoms with Crippen LogP contribution in [0.3, 0.4) is 0 Å². The lowest BCUT2D eigenvalue weighted by Gasteiger charge is -2.40. The molecule has 3 heteroatoms. The van der Waals surface area contributed by atoms with E-state index in [0.29, 0.717) is 17.9 Å². The number of nitrogens with one attached hydrogen (secondary N) is 1. The molecule has 0 saturated heterocycles. The average molecular weight is 316 g/mol. The zero-order valence-electron chi connectivity index (χ0n) is 15.1. The maximum absolute atomic E-state index is 5.64. The molecule has 0 bridgehead atoms.